The number of amides is 3. The summed E-state index contributed by atoms with van der Waals surface area (Å²) in [6, 6.07) is -0.855. The average molecular weight is 288 g/mol. The van der Waals surface area contributed by atoms with Crippen molar-refractivity contribution in [2.45, 2.75) is 32.2 Å². The van der Waals surface area contributed by atoms with Crippen LogP contribution >= 0.6 is 11.8 Å². The van der Waals surface area contributed by atoms with Crippen molar-refractivity contribution in [3.8, 4) is 0 Å². The first-order chi connectivity index (χ1) is 8.95. The van der Waals surface area contributed by atoms with Gasteiger partial charge in [0.05, 0.1) is 0 Å². The predicted octanol–water partition coefficient (Wildman–Crippen LogP) is -0.149. The summed E-state index contributed by atoms with van der Waals surface area (Å²) in [6.45, 7) is 1.28. The molecule has 1 heterocycles. The van der Waals surface area contributed by atoms with Crippen LogP contribution in [0.15, 0.2) is 0 Å². The minimum Gasteiger partial charge on any atom is -0.343 e. The molecule has 1 saturated heterocycles. The molecule has 0 aromatic rings. The van der Waals surface area contributed by atoms with Gasteiger partial charge in [-0.3, -0.25) is 14.4 Å². The van der Waals surface area contributed by atoms with Crippen molar-refractivity contribution in [1.82, 2.24) is 10.4 Å². The summed E-state index contributed by atoms with van der Waals surface area (Å²) >= 11 is 1.51. The van der Waals surface area contributed by atoms with Crippen LogP contribution in [0.1, 0.15) is 26.2 Å². The van der Waals surface area contributed by atoms with Crippen molar-refractivity contribution in [2.75, 3.05) is 12.0 Å². The average Bonchev–Trinajstić information content (AvgIpc) is 2.65. The maximum absolute atomic E-state index is 11.8. The lowest BCUT2D eigenvalue weighted by Crippen LogP contribution is -2.45. The number of carbonyl (C=O) groups is 4. The Morgan fingerprint density at radius 2 is 1.95 bits per heavy atom. The van der Waals surface area contributed by atoms with Crippen LogP contribution in [-0.2, 0) is 24.0 Å². The molecule has 106 valence electrons. The van der Waals surface area contributed by atoms with Crippen molar-refractivity contribution in [3.05, 3.63) is 0 Å². The lowest BCUT2D eigenvalue weighted by Gasteiger charge is -2.19. The van der Waals surface area contributed by atoms with Crippen LogP contribution in [0.25, 0.3) is 0 Å². The number of nitrogens with one attached hydrogen (secondary N) is 1. The van der Waals surface area contributed by atoms with Gasteiger partial charge in [0.15, 0.2) is 0 Å². The van der Waals surface area contributed by atoms with Crippen LogP contribution in [-0.4, -0.2) is 46.8 Å². The molecule has 0 bridgehead atoms. The quantitative estimate of drug-likeness (QED) is 0.683. The van der Waals surface area contributed by atoms with Gasteiger partial charge in [-0.05, 0) is 18.4 Å². The number of imide groups is 1. The fraction of sp³-hybridized carbons (Fsp3) is 0.636. The normalized spacial score (nSPS) is 16.4. The summed E-state index contributed by atoms with van der Waals surface area (Å²) in [4.78, 5) is 50.3. The maximum atomic E-state index is 11.8. The van der Waals surface area contributed by atoms with E-state index in [1.807, 2.05) is 6.26 Å². The minimum absolute atomic E-state index is 0.0434. The molecule has 0 aliphatic carbocycles. The highest BCUT2D eigenvalue weighted by atomic mass is 32.2. The van der Waals surface area contributed by atoms with E-state index in [2.05, 4.69) is 5.32 Å². The molecule has 0 aromatic carbocycles. The molecule has 1 rings (SSSR count). The Labute approximate surface area is 115 Å². The highest BCUT2D eigenvalue weighted by molar-refractivity contribution is 7.98. The third kappa shape index (κ3) is 4.55. The molecule has 1 aliphatic rings. The molecule has 0 unspecified atom stereocenters. The first kappa shape index (κ1) is 15.5. The second kappa shape index (κ2) is 7.13. The topological polar surface area (TPSA) is 92.8 Å². The van der Waals surface area contributed by atoms with E-state index in [4.69, 9.17) is 4.84 Å². The Balaban J connectivity index is 2.62. The largest absolute Gasteiger partial charge is 0.355 e. The number of hydroxylamine groups is 2. The Hall–Kier alpha value is -1.57. The van der Waals surface area contributed by atoms with E-state index in [-0.39, 0.29) is 18.7 Å². The molecular formula is C11H16N2O5S. The van der Waals surface area contributed by atoms with E-state index in [0.29, 0.717) is 17.2 Å². The monoisotopic (exact) mass is 288 g/mol. The van der Waals surface area contributed by atoms with Crippen LogP contribution in [0.3, 0.4) is 0 Å². The fourth-order valence-electron chi connectivity index (χ4n) is 1.54. The molecule has 3 amide bonds. The highest BCUT2D eigenvalue weighted by Crippen LogP contribution is 2.13. The highest BCUT2D eigenvalue weighted by Gasteiger charge is 2.34. The summed E-state index contributed by atoms with van der Waals surface area (Å²) < 4.78 is 0. The maximum Gasteiger partial charge on any atom is 0.355 e. The smallest absolute Gasteiger partial charge is 0.343 e. The molecular weight excluding hydrogens is 272 g/mol. The second-order valence-electron chi connectivity index (χ2n) is 4.03. The zero-order valence-corrected chi connectivity index (χ0v) is 11.6. The summed E-state index contributed by atoms with van der Waals surface area (Å²) in [6.07, 6.45) is 2.32. The van der Waals surface area contributed by atoms with Crippen LogP contribution in [0, 0.1) is 0 Å². The van der Waals surface area contributed by atoms with Gasteiger partial charge in [-0.25, -0.2) is 4.79 Å². The summed E-state index contributed by atoms with van der Waals surface area (Å²) in [5.74, 6) is -1.60. The van der Waals surface area contributed by atoms with Crippen molar-refractivity contribution < 1.29 is 24.0 Å². The molecule has 0 radical (unpaired) electrons. The minimum atomic E-state index is -0.855. The van der Waals surface area contributed by atoms with Gasteiger partial charge >= 0.3 is 5.97 Å². The zero-order chi connectivity index (χ0) is 14.4. The van der Waals surface area contributed by atoms with Crippen molar-refractivity contribution in [2.24, 2.45) is 0 Å². The van der Waals surface area contributed by atoms with E-state index in [1.54, 1.807) is 0 Å². The van der Waals surface area contributed by atoms with E-state index in [0.717, 1.165) is 0 Å². The zero-order valence-electron chi connectivity index (χ0n) is 10.8. The standard InChI is InChI=1S/C11H16N2O5S/c1-7(14)12-8(5-6-19-2)11(17)18-13-9(15)3-4-10(13)16/h8H,3-6H2,1-2H3,(H,12,14)/t8-/m0/s1. The van der Waals surface area contributed by atoms with Crippen molar-refractivity contribution >= 4 is 35.5 Å². The fourth-order valence-corrected chi connectivity index (χ4v) is 2.01. The predicted molar refractivity (Wildman–Crippen MR) is 67.8 cm³/mol. The van der Waals surface area contributed by atoms with Gasteiger partial charge in [-0.15, -0.1) is 5.06 Å². The van der Waals surface area contributed by atoms with E-state index in [1.165, 1.54) is 18.7 Å². The lowest BCUT2D eigenvalue weighted by atomic mass is 10.2. The SMILES string of the molecule is CSCC[C@H](NC(C)=O)C(=O)ON1C(=O)CCC1=O. The lowest BCUT2D eigenvalue weighted by molar-refractivity contribution is -0.199. The number of carbonyl (C=O) groups excluding carboxylic acids is 4. The third-order valence-corrected chi connectivity index (χ3v) is 3.10. The number of rotatable bonds is 6. The Kier molecular flexibility index (Phi) is 5.81. The van der Waals surface area contributed by atoms with Crippen LogP contribution in [0.4, 0.5) is 0 Å². The summed E-state index contributed by atoms with van der Waals surface area (Å²) in [5, 5.41) is 2.92. The van der Waals surface area contributed by atoms with Crippen LogP contribution in [0.2, 0.25) is 0 Å². The first-order valence-electron chi connectivity index (χ1n) is 5.79. The molecule has 1 N–H and O–H groups in total. The van der Waals surface area contributed by atoms with E-state index >= 15 is 0 Å². The van der Waals surface area contributed by atoms with Crippen molar-refractivity contribution in [3.63, 3.8) is 0 Å². The molecule has 0 spiro atoms. The van der Waals surface area contributed by atoms with Crippen molar-refractivity contribution in [1.29, 1.82) is 0 Å². The van der Waals surface area contributed by atoms with Crippen LogP contribution < -0.4 is 5.32 Å². The number of thioether (sulfide) groups is 1. The van der Waals surface area contributed by atoms with Gasteiger partial charge in [-0.1, -0.05) is 0 Å². The van der Waals surface area contributed by atoms with Gasteiger partial charge in [0.1, 0.15) is 6.04 Å². The molecule has 1 atom stereocenters. The van der Waals surface area contributed by atoms with Gasteiger partial charge < -0.3 is 10.2 Å². The molecule has 0 saturated carbocycles. The summed E-state index contributed by atoms with van der Waals surface area (Å²) in [5.41, 5.74) is 0. The Morgan fingerprint density at radius 1 is 1.37 bits per heavy atom. The van der Waals surface area contributed by atoms with E-state index < -0.39 is 23.8 Å². The van der Waals surface area contributed by atoms with Gasteiger partial charge in [0, 0.05) is 19.8 Å². The van der Waals surface area contributed by atoms with Gasteiger partial charge in [0.2, 0.25) is 5.91 Å². The number of hydrogen-bond donors (Lipinski definition) is 1. The van der Waals surface area contributed by atoms with Gasteiger partial charge in [-0.2, -0.15) is 11.8 Å². The summed E-state index contributed by atoms with van der Waals surface area (Å²) in [7, 11) is 0. The van der Waals surface area contributed by atoms with Crippen LogP contribution in [0.5, 0.6) is 0 Å². The van der Waals surface area contributed by atoms with E-state index in [9.17, 15) is 19.2 Å². The molecule has 1 fully saturated rings. The van der Waals surface area contributed by atoms with Gasteiger partial charge in [0.25, 0.3) is 11.8 Å². The molecule has 19 heavy (non-hydrogen) atoms. The molecule has 0 aromatic heterocycles. The third-order valence-electron chi connectivity index (χ3n) is 2.46. The molecule has 8 heteroatoms. The second-order valence-corrected chi connectivity index (χ2v) is 5.01. The molecule has 1 aliphatic heterocycles. The molecule has 7 nitrogen and oxygen atoms in total. The first-order valence-corrected chi connectivity index (χ1v) is 7.18. The Bertz CT molecular complexity index is 383. The number of hydrogen-bond acceptors (Lipinski definition) is 6. The number of nitrogens with zero attached hydrogens (tertiary/aromatic N) is 1. The Morgan fingerprint density at radius 3 is 2.42 bits per heavy atom.